The Bertz CT molecular complexity index is 3210. The van der Waals surface area contributed by atoms with Gasteiger partial charge < -0.3 is 131 Å². The Hall–Kier alpha value is -10.9. The Morgan fingerprint density at radius 2 is 0.764 bits per heavy atom. The molecular weight excluding hydrogens is 1380 g/mol. The standard InChI is InChI=1S/C65H115N27O14/c1-7-34(3)47(91-55(100)44(32-38-18-10-9-11-19-38)88-49(94)36(5)82-51(96)39(66)20-12-26-77-61(67)68)57(102)83-37(6)50(95)89-45(33-93)56(101)85-40(21-13-27-78-62(69)70)52(97)84-42(23-15-29-80-64(73)74)54(99)90-48(35(4)8-2)58(103)86-41(22-14-28-79-63(71)72)53(98)87-43(24-16-30-81-65(75)76)59(104)92-31-17-25-46(92)60(105)106/h9-11,18-19,34-37,39-48,93H,7-8,12-17,20-33,66H2,1-6H3,(H,82,96)(H,83,102)(H,84,97)(H,85,101)(H,86,103)(H,87,98)(H,88,94)(H,89,95)(H,90,99)(H,91,100)(H,105,106)(H4,67,68,77)(H4,69,70,78)(H4,71,72,79)(H4,73,74,80)(H4,75,76,81)/t34-,35-,36-,37-,39-,40-,41-,42-,43-,44-,45-,46-,47-,48-/m0/s1. The average Bonchev–Trinajstić information content (AvgIpc) is 1.58. The summed E-state index contributed by atoms with van der Waals surface area (Å²) in [5.74, 6) is -13.3. The number of nitrogens with zero attached hydrogens (tertiary/aromatic N) is 6. The highest BCUT2D eigenvalue weighted by atomic mass is 16.4. The predicted molar refractivity (Wildman–Crippen MR) is 397 cm³/mol. The van der Waals surface area contributed by atoms with E-state index in [1.165, 1.54) is 13.8 Å². The summed E-state index contributed by atoms with van der Waals surface area (Å²) in [4.78, 5) is 189. The number of aliphatic carboxylic acids is 1. The first-order valence-corrected chi connectivity index (χ1v) is 35.3. The first-order valence-electron chi connectivity index (χ1n) is 35.3. The van der Waals surface area contributed by atoms with Gasteiger partial charge in [0, 0.05) is 45.7 Å². The van der Waals surface area contributed by atoms with Crippen molar-refractivity contribution in [3.63, 3.8) is 0 Å². The van der Waals surface area contributed by atoms with Gasteiger partial charge in [-0.25, -0.2) is 4.79 Å². The SMILES string of the molecule is CC[C@H](C)[C@H](NC(=O)[C@H](Cc1ccccc1)NC(=O)[C@H](C)NC(=O)[C@@H](N)CCCN=C(N)N)C(=O)N[C@@H](C)C(=O)N[C@@H](CO)C(=O)N[C@@H](CCCN=C(N)N)C(=O)N[C@@H](CCCN=C(N)N)C(=O)N[C@H](C(=O)N[C@@H](CCCN=C(N)N)C(=O)N[C@@H](CCCN=C(N)N)C(=O)N1CCC[C@H]1C(=O)O)[C@@H](C)CC. The van der Waals surface area contributed by atoms with Gasteiger partial charge >= 0.3 is 5.97 Å². The van der Waals surface area contributed by atoms with Gasteiger partial charge in [-0.1, -0.05) is 70.9 Å². The lowest BCUT2D eigenvalue weighted by Gasteiger charge is -2.30. The molecule has 0 aromatic heterocycles. The number of likely N-dealkylation sites (tertiary alicyclic amines) is 1. The highest BCUT2D eigenvalue weighted by Gasteiger charge is 2.40. The van der Waals surface area contributed by atoms with Crippen molar-refractivity contribution in [2.45, 2.75) is 210 Å². The third-order valence-electron chi connectivity index (χ3n) is 17.2. The van der Waals surface area contributed by atoms with Gasteiger partial charge in [0.05, 0.1) is 12.6 Å². The van der Waals surface area contributed by atoms with Crippen molar-refractivity contribution in [2.75, 3.05) is 45.9 Å². The Morgan fingerprint density at radius 1 is 0.434 bits per heavy atom. The van der Waals surface area contributed by atoms with Crippen LogP contribution in [0.5, 0.6) is 0 Å². The van der Waals surface area contributed by atoms with Crippen molar-refractivity contribution in [1.29, 1.82) is 0 Å². The number of hydrogen-bond donors (Lipinski definition) is 23. The Morgan fingerprint density at radius 3 is 1.16 bits per heavy atom. The summed E-state index contributed by atoms with van der Waals surface area (Å²) in [5.41, 5.74) is 61.8. The fourth-order valence-electron chi connectivity index (χ4n) is 10.8. The molecule has 1 saturated heterocycles. The number of benzene rings is 1. The van der Waals surface area contributed by atoms with Crippen LogP contribution < -0.4 is 116 Å². The highest BCUT2D eigenvalue weighted by molar-refractivity contribution is 5.99. The average molecular weight is 1500 g/mol. The maximum Gasteiger partial charge on any atom is 0.326 e. The Balaban J connectivity index is 2.49. The molecule has 0 bridgehead atoms. The molecule has 11 amide bonds. The van der Waals surface area contributed by atoms with Gasteiger partial charge in [-0.2, -0.15) is 0 Å². The quantitative estimate of drug-likeness (QED) is 0.0164. The molecule has 1 aliphatic heterocycles. The monoisotopic (exact) mass is 1500 g/mol. The van der Waals surface area contributed by atoms with E-state index in [-0.39, 0.29) is 146 Å². The molecule has 0 radical (unpaired) electrons. The zero-order valence-corrected chi connectivity index (χ0v) is 61.4. The molecule has 1 aromatic carbocycles. The van der Waals surface area contributed by atoms with E-state index in [4.69, 9.17) is 63.1 Å². The number of amides is 11. The van der Waals surface area contributed by atoms with Crippen molar-refractivity contribution in [1.82, 2.24) is 58.1 Å². The number of carbonyl (C=O) groups excluding carboxylic acids is 11. The molecule has 0 spiro atoms. The number of guanidine groups is 5. The molecule has 594 valence electrons. The molecule has 34 N–H and O–H groups in total. The number of aliphatic imine (C=N–C) groups is 5. The molecule has 1 heterocycles. The normalized spacial score (nSPS) is 16.0. The summed E-state index contributed by atoms with van der Waals surface area (Å²) in [6, 6.07) is -7.91. The van der Waals surface area contributed by atoms with E-state index < -0.39 is 162 Å². The van der Waals surface area contributed by atoms with Gasteiger partial charge in [0.15, 0.2) is 29.8 Å². The first-order chi connectivity index (χ1) is 50.0. The number of rotatable bonds is 49. The van der Waals surface area contributed by atoms with Crippen LogP contribution in [0.1, 0.15) is 137 Å². The topological polar surface area (TPSA) is 717 Å². The van der Waals surface area contributed by atoms with Gasteiger partial charge in [0.2, 0.25) is 65.0 Å². The molecule has 1 aliphatic rings. The number of carbonyl (C=O) groups is 12. The zero-order valence-electron chi connectivity index (χ0n) is 61.4. The van der Waals surface area contributed by atoms with E-state index in [1.54, 1.807) is 58.0 Å². The van der Waals surface area contributed by atoms with Crippen molar-refractivity contribution < 1.29 is 67.7 Å². The molecular formula is C65H115N27O14. The second-order valence-electron chi connectivity index (χ2n) is 25.8. The van der Waals surface area contributed by atoms with Crippen LogP contribution in [0.15, 0.2) is 55.3 Å². The second kappa shape index (κ2) is 48.2. The number of carboxylic acid groups (broad SMARTS) is 1. The van der Waals surface area contributed by atoms with Crippen LogP contribution in [-0.4, -0.2) is 234 Å². The summed E-state index contributed by atoms with van der Waals surface area (Å²) in [5, 5.41) is 46.5. The van der Waals surface area contributed by atoms with E-state index in [0.29, 0.717) is 24.8 Å². The molecule has 41 nitrogen and oxygen atoms in total. The highest BCUT2D eigenvalue weighted by Crippen LogP contribution is 2.21. The van der Waals surface area contributed by atoms with Gasteiger partial charge in [0.25, 0.3) is 0 Å². The third-order valence-corrected chi connectivity index (χ3v) is 17.2. The number of carboxylic acids is 1. The van der Waals surface area contributed by atoms with Crippen LogP contribution >= 0.6 is 0 Å². The van der Waals surface area contributed by atoms with Crippen LogP contribution in [0.3, 0.4) is 0 Å². The summed E-state index contributed by atoms with van der Waals surface area (Å²) in [6.45, 7) is 8.58. The molecule has 2 rings (SSSR count). The maximum absolute atomic E-state index is 14.7. The molecule has 41 heteroatoms. The number of nitrogens with two attached hydrogens (primary N) is 11. The van der Waals surface area contributed by atoms with Crippen molar-refractivity contribution >= 4 is 101 Å². The second-order valence-corrected chi connectivity index (χ2v) is 25.8. The van der Waals surface area contributed by atoms with Gasteiger partial charge in [0.1, 0.15) is 66.5 Å². The fourth-order valence-corrected chi connectivity index (χ4v) is 10.8. The van der Waals surface area contributed by atoms with Crippen molar-refractivity contribution in [3.8, 4) is 0 Å². The number of aliphatic hydroxyl groups is 1. The van der Waals surface area contributed by atoms with E-state index in [0.717, 1.165) is 4.90 Å². The van der Waals surface area contributed by atoms with E-state index in [1.807, 2.05) is 0 Å². The van der Waals surface area contributed by atoms with Crippen LogP contribution in [0.4, 0.5) is 0 Å². The van der Waals surface area contributed by atoms with Gasteiger partial charge in [-0.05, 0) is 108 Å². The van der Waals surface area contributed by atoms with Gasteiger partial charge in [-0.3, -0.25) is 77.7 Å². The summed E-state index contributed by atoms with van der Waals surface area (Å²) >= 11 is 0. The minimum atomic E-state index is -1.80. The molecule has 0 aliphatic carbocycles. The maximum atomic E-state index is 14.7. The van der Waals surface area contributed by atoms with Crippen LogP contribution in [0.25, 0.3) is 0 Å². The smallest absolute Gasteiger partial charge is 0.326 e. The Labute approximate surface area is 616 Å². The summed E-state index contributed by atoms with van der Waals surface area (Å²) < 4.78 is 0. The molecule has 14 atom stereocenters. The molecule has 106 heavy (non-hydrogen) atoms. The number of aliphatic hydroxyl groups excluding tert-OH is 1. The predicted octanol–water partition coefficient (Wildman–Crippen LogP) is -8.13. The minimum Gasteiger partial charge on any atom is -0.480 e. The van der Waals surface area contributed by atoms with E-state index >= 15 is 0 Å². The fraction of sp³-hybridized carbons (Fsp3) is 0.646. The number of hydrogen-bond acceptors (Lipinski definition) is 19. The summed E-state index contributed by atoms with van der Waals surface area (Å²) in [6.07, 6.45) is 1.36. The molecule has 1 aromatic rings. The zero-order chi connectivity index (χ0) is 79.8. The summed E-state index contributed by atoms with van der Waals surface area (Å²) in [7, 11) is 0. The van der Waals surface area contributed by atoms with Crippen LogP contribution in [0.2, 0.25) is 0 Å². The Kier molecular flexibility index (Phi) is 41.5. The lowest BCUT2D eigenvalue weighted by molar-refractivity contribution is -0.149. The lowest BCUT2D eigenvalue weighted by Crippen LogP contribution is -2.61. The van der Waals surface area contributed by atoms with E-state index in [2.05, 4.69) is 78.1 Å². The van der Waals surface area contributed by atoms with Crippen LogP contribution in [0, 0.1) is 11.8 Å². The van der Waals surface area contributed by atoms with Crippen molar-refractivity contribution in [2.24, 2.45) is 99.9 Å². The minimum absolute atomic E-state index is 0.00317. The molecule has 0 unspecified atom stereocenters. The van der Waals surface area contributed by atoms with Gasteiger partial charge in [-0.15, -0.1) is 0 Å². The first kappa shape index (κ1) is 91.2. The van der Waals surface area contributed by atoms with E-state index in [9.17, 15) is 67.7 Å². The molecule has 0 saturated carbocycles. The third kappa shape index (κ3) is 34.2. The largest absolute Gasteiger partial charge is 0.480 e. The lowest BCUT2D eigenvalue weighted by atomic mass is 9.96. The molecule has 1 fully saturated rings. The van der Waals surface area contributed by atoms with Crippen molar-refractivity contribution in [3.05, 3.63) is 35.9 Å². The number of nitrogens with one attached hydrogen (secondary N) is 10. The van der Waals surface area contributed by atoms with Crippen LogP contribution in [-0.2, 0) is 64.0 Å².